The van der Waals surface area contributed by atoms with Crippen molar-refractivity contribution in [3.05, 3.63) is 23.8 Å². The van der Waals surface area contributed by atoms with Crippen LogP contribution < -0.4 is 9.47 Å². The third kappa shape index (κ3) is 5.92. The maximum absolute atomic E-state index is 11.3. The van der Waals surface area contributed by atoms with Crippen LogP contribution >= 0.6 is 0 Å². The molecule has 2 rings (SSSR count). The molecule has 2 unspecified atom stereocenters. The lowest BCUT2D eigenvalue weighted by molar-refractivity contribution is -0.144. The van der Waals surface area contributed by atoms with E-state index in [0.717, 1.165) is 36.6 Å². The van der Waals surface area contributed by atoms with E-state index in [2.05, 4.69) is 25.7 Å². The van der Waals surface area contributed by atoms with Crippen LogP contribution in [0.2, 0.25) is 0 Å². The van der Waals surface area contributed by atoms with E-state index in [4.69, 9.17) is 9.47 Å². The Morgan fingerprint density at radius 1 is 1.28 bits per heavy atom. The molecule has 0 bridgehead atoms. The van der Waals surface area contributed by atoms with Crippen molar-refractivity contribution in [2.24, 2.45) is 17.8 Å². The highest BCUT2D eigenvalue weighted by Gasteiger charge is 2.29. The summed E-state index contributed by atoms with van der Waals surface area (Å²) in [6.07, 6.45) is 0.762. The molecule has 140 valence electrons. The van der Waals surface area contributed by atoms with Gasteiger partial charge in [0.05, 0.1) is 19.1 Å². The van der Waals surface area contributed by atoms with Gasteiger partial charge in [0.2, 0.25) is 0 Å². The van der Waals surface area contributed by atoms with E-state index in [9.17, 15) is 9.90 Å². The maximum atomic E-state index is 11.3. The number of nitrogens with zero attached hydrogens (tertiary/aromatic N) is 1. The van der Waals surface area contributed by atoms with Gasteiger partial charge in [-0.2, -0.15) is 0 Å². The summed E-state index contributed by atoms with van der Waals surface area (Å²) in [6.45, 7) is 11.8. The number of rotatable bonds is 8. The number of carboxylic acids is 1. The number of hydrogen-bond donors (Lipinski definition) is 1. The molecule has 5 nitrogen and oxygen atoms in total. The number of carboxylic acid groups (broad SMARTS) is 1. The Morgan fingerprint density at radius 3 is 2.68 bits per heavy atom. The Morgan fingerprint density at radius 2 is 2.04 bits per heavy atom. The summed E-state index contributed by atoms with van der Waals surface area (Å²) in [7, 11) is 0. The number of likely N-dealkylation sites (tertiary alicyclic amines) is 1. The average molecular weight is 349 g/mol. The van der Waals surface area contributed by atoms with E-state index < -0.39 is 5.97 Å². The molecule has 0 spiro atoms. The van der Waals surface area contributed by atoms with Crippen molar-refractivity contribution in [3.63, 3.8) is 0 Å². The maximum Gasteiger partial charge on any atom is 0.307 e. The van der Waals surface area contributed by atoms with Crippen LogP contribution in [-0.4, -0.2) is 42.3 Å². The van der Waals surface area contributed by atoms with E-state index in [1.54, 1.807) is 0 Å². The van der Waals surface area contributed by atoms with Gasteiger partial charge in [-0.3, -0.25) is 9.69 Å². The van der Waals surface area contributed by atoms with Gasteiger partial charge in [-0.1, -0.05) is 26.8 Å². The third-order valence-electron chi connectivity index (χ3n) is 4.37. The van der Waals surface area contributed by atoms with Crippen molar-refractivity contribution in [1.29, 1.82) is 0 Å². The van der Waals surface area contributed by atoms with Crippen LogP contribution in [0.4, 0.5) is 0 Å². The van der Waals surface area contributed by atoms with Crippen LogP contribution in [-0.2, 0) is 11.3 Å². The monoisotopic (exact) mass is 349 g/mol. The summed E-state index contributed by atoms with van der Waals surface area (Å²) < 4.78 is 11.6. The number of benzene rings is 1. The molecule has 1 aromatic carbocycles. The van der Waals surface area contributed by atoms with E-state index >= 15 is 0 Å². The fourth-order valence-electron chi connectivity index (χ4n) is 3.32. The molecule has 1 aromatic rings. The SMILES string of the molecule is CCOc1cc(CN2CC(C)CC(C(=O)O)C2)ccc1OCC(C)C. The lowest BCUT2D eigenvalue weighted by atomic mass is 9.90. The minimum atomic E-state index is -0.691. The van der Waals surface area contributed by atoms with Gasteiger partial charge in [0.1, 0.15) is 0 Å². The number of ether oxygens (including phenoxy) is 2. The van der Waals surface area contributed by atoms with Crippen LogP contribution in [0.25, 0.3) is 0 Å². The molecule has 0 aliphatic carbocycles. The van der Waals surface area contributed by atoms with Crippen LogP contribution in [0.3, 0.4) is 0 Å². The highest BCUT2D eigenvalue weighted by atomic mass is 16.5. The molecule has 0 saturated carbocycles. The second-order valence-corrected chi connectivity index (χ2v) is 7.49. The standard InChI is InChI=1S/C20H31NO4/c1-5-24-19-9-16(6-7-18(19)25-13-14(2)3)11-21-10-15(4)8-17(12-21)20(22)23/h6-7,9,14-15,17H,5,8,10-13H2,1-4H3,(H,22,23). The molecule has 1 N–H and O–H groups in total. The minimum absolute atomic E-state index is 0.274. The van der Waals surface area contributed by atoms with Crippen molar-refractivity contribution >= 4 is 5.97 Å². The van der Waals surface area contributed by atoms with Gasteiger partial charge in [-0.05, 0) is 42.9 Å². The van der Waals surface area contributed by atoms with Crippen molar-refractivity contribution in [2.45, 2.75) is 40.7 Å². The summed E-state index contributed by atoms with van der Waals surface area (Å²) in [5.41, 5.74) is 1.12. The molecule has 2 atom stereocenters. The van der Waals surface area contributed by atoms with Crippen LogP contribution in [0.1, 0.15) is 39.7 Å². The normalized spacial score (nSPS) is 21.3. The van der Waals surface area contributed by atoms with Crippen LogP contribution in [0.15, 0.2) is 18.2 Å². The topological polar surface area (TPSA) is 59.0 Å². The van der Waals surface area contributed by atoms with E-state index in [1.807, 2.05) is 25.1 Å². The van der Waals surface area contributed by atoms with E-state index in [-0.39, 0.29) is 5.92 Å². The van der Waals surface area contributed by atoms with Crippen molar-refractivity contribution in [3.8, 4) is 11.5 Å². The van der Waals surface area contributed by atoms with Gasteiger partial charge >= 0.3 is 5.97 Å². The first-order valence-electron chi connectivity index (χ1n) is 9.22. The smallest absolute Gasteiger partial charge is 0.307 e. The van der Waals surface area contributed by atoms with Crippen LogP contribution in [0, 0.1) is 17.8 Å². The molecule has 0 aromatic heterocycles. The Balaban J connectivity index is 2.08. The summed E-state index contributed by atoms with van der Waals surface area (Å²) >= 11 is 0. The molecule has 1 aliphatic rings. The largest absolute Gasteiger partial charge is 0.490 e. The zero-order chi connectivity index (χ0) is 18.4. The zero-order valence-corrected chi connectivity index (χ0v) is 15.8. The molecule has 1 saturated heterocycles. The Bertz CT molecular complexity index is 573. The Labute approximate surface area is 150 Å². The predicted octanol–water partition coefficient (Wildman–Crippen LogP) is 3.66. The number of aliphatic carboxylic acids is 1. The third-order valence-corrected chi connectivity index (χ3v) is 4.37. The average Bonchev–Trinajstić information content (AvgIpc) is 2.53. The van der Waals surface area contributed by atoms with E-state index in [0.29, 0.717) is 31.6 Å². The fourth-order valence-corrected chi connectivity index (χ4v) is 3.32. The molecule has 0 radical (unpaired) electrons. The second kappa shape index (κ2) is 9.09. The van der Waals surface area contributed by atoms with E-state index in [1.165, 1.54) is 0 Å². The van der Waals surface area contributed by atoms with Gasteiger partial charge in [-0.25, -0.2) is 0 Å². The van der Waals surface area contributed by atoms with Gasteiger partial charge in [0.25, 0.3) is 0 Å². The van der Waals surface area contributed by atoms with Crippen molar-refractivity contribution in [1.82, 2.24) is 4.90 Å². The molecule has 1 heterocycles. The molecule has 5 heteroatoms. The van der Waals surface area contributed by atoms with Crippen LogP contribution in [0.5, 0.6) is 11.5 Å². The van der Waals surface area contributed by atoms with Gasteiger partial charge in [-0.15, -0.1) is 0 Å². The summed E-state index contributed by atoms with van der Waals surface area (Å²) in [5.74, 6) is 1.43. The Kier molecular flexibility index (Phi) is 7.12. The fraction of sp³-hybridized carbons (Fsp3) is 0.650. The molecule has 0 amide bonds. The van der Waals surface area contributed by atoms with Gasteiger partial charge in [0.15, 0.2) is 11.5 Å². The summed E-state index contributed by atoms with van der Waals surface area (Å²) in [5, 5.41) is 9.33. The highest BCUT2D eigenvalue weighted by molar-refractivity contribution is 5.70. The second-order valence-electron chi connectivity index (χ2n) is 7.49. The zero-order valence-electron chi connectivity index (χ0n) is 15.8. The molecular formula is C20H31NO4. The lowest BCUT2D eigenvalue weighted by Crippen LogP contribution is -2.41. The highest BCUT2D eigenvalue weighted by Crippen LogP contribution is 2.30. The first-order valence-corrected chi connectivity index (χ1v) is 9.22. The molecule has 25 heavy (non-hydrogen) atoms. The summed E-state index contributed by atoms with van der Waals surface area (Å²) in [4.78, 5) is 13.6. The number of piperidine rings is 1. The first kappa shape index (κ1) is 19.6. The van der Waals surface area contributed by atoms with Gasteiger partial charge in [0, 0.05) is 19.6 Å². The van der Waals surface area contributed by atoms with Crippen molar-refractivity contribution in [2.75, 3.05) is 26.3 Å². The predicted molar refractivity (Wildman–Crippen MR) is 98.1 cm³/mol. The molecule has 1 fully saturated rings. The molecular weight excluding hydrogens is 318 g/mol. The Hall–Kier alpha value is -1.75. The van der Waals surface area contributed by atoms with Crippen molar-refractivity contribution < 1.29 is 19.4 Å². The lowest BCUT2D eigenvalue weighted by Gasteiger charge is -2.34. The van der Waals surface area contributed by atoms with Gasteiger partial charge < -0.3 is 14.6 Å². The first-order chi connectivity index (χ1) is 11.9. The number of carbonyl (C=O) groups is 1. The minimum Gasteiger partial charge on any atom is -0.490 e. The number of hydrogen-bond acceptors (Lipinski definition) is 4. The molecule has 1 aliphatic heterocycles. The summed E-state index contributed by atoms with van der Waals surface area (Å²) in [6, 6.07) is 6.03. The quantitative estimate of drug-likeness (QED) is 0.776.